The van der Waals surface area contributed by atoms with E-state index in [9.17, 15) is 22.8 Å². The molecular formula is C19H14F3NO3. The normalized spacial score (nSPS) is 13.7. The number of rotatable bonds is 4. The fourth-order valence-electron chi connectivity index (χ4n) is 2.63. The second-order valence-corrected chi connectivity index (χ2v) is 5.74. The van der Waals surface area contributed by atoms with E-state index in [0.29, 0.717) is 22.4 Å². The Morgan fingerprint density at radius 2 is 1.65 bits per heavy atom. The van der Waals surface area contributed by atoms with Crippen LogP contribution in [0.25, 0.3) is 5.70 Å². The van der Waals surface area contributed by atoms with Gasteiger partial charge in [-0.05, 0) is 23.8 Å². The zero-order valence-electron chi connectivity index (χ0n) is 13.5. The zero-order chi connectivity index (χ0) is 18.9. The molecule has 1 amide bonds. The average Bonchev–Trinajstić information content (AvgIpc) is 2.85. The van der Waals surface area contributed by atoms with Crippen LogP contribution in [0.4, 0.5) is 13.2 Å². The molecule has 1 aliphatic heterocycles. The van der Waals surface area contributed by atoms with Crippen LogP contribution < -0.4 is 0 Å². The number of amides is 1. The molecular weight excluding hydrogens is 347 g/mol. The molecule has 0 saturated heterocycles. The van der Waals surface area contributed by atoms with Crippen molar-refractivity contribution in [3.63, 3.8) is 0 Å². The second-order valence-electron chi connectivity index (χ2n) is 5.74. The Kier molecular flexibility index (Phi) is 4.54. The number of ether oxygens (including phenoxy) is 1. The van der Waals surface area contributed by atoms with E-state index >= 15 is 0 Å². The van der Waals surface area contributed by atoms with E-state index in [-0.39, 0.29) is 19.1 Å². The molecule has 0 spiro atoms. The minimum atomic E-state index is -4.42. The Labute approximate surface area is 147 Å². The lowest BCUT2D eigenvalue weighted by Crippen LogP contribution is -2.30. The summed E-state index contributed by atoms with van der Waals surface area (Å²) < 4.78 is 42.6. The Hall–Kier alpha value is -3.09. The van der Waals surface area contributed by atoms with Crippen molar-refractivity contribution in [1.82, 2.24) is 4.90 Å². The minimum absolute atomic E-state index is 0.182. The zero-order valence-corrected chi connectivity index (χ0v) is 13.5. The van der Waals surface area contributed by atoms with Gasteiger partial charge in [-0.3, -0.25) is 14.5 Å². The summed E-state index contributed by atoms with van der Waals surface area (Å²) in [5, 5.41) is 0. The number of carbonyl (C=O) groups is 2. The summed E-state index contributed by atoms with van der Waals surface area (Å²) in [5.74, 6) is -1.01. The predicted octanol–water partition coefficient (Wildman–Crippen LogP) is 3.88. The van der Waals surface area contributed by atoms with Crippen molar-refractivity contribution in [2.75, 3.05) is 6.54 Å². The van der Waals surface area contributed by atoms with Crippen molar-refractivity contribution >= 4 is 17.6 Å². The van der Waals surface area contributed by atoms with E-state index in [2.05, 4.69) is 6.58 Å². The average molecular weight is 361 g/mol. The molecule has 0 atom stereocenters. The van der Waals surface area contributed by atoms with Crippen LogP contribution in [0.2, 0.25) is 0 Å². The maximum absolute atomic E-state index is 12.5. The van der Waals surface area contributed by atoms with Gasteiger partial charge in [0.15, 0.2) is 0 Å². The quantitative estimate of drug-likeness (QED) is 0.777. The van der Waals surface area contributed by atoms with Crippen LogP contribution in [-0.2, 0) is 22.3 Å². The molecule has 3 rings (SSSR count). The van der Waals surface area contributed by atoms with Crippen molar-refractivity contribution < 1.29 is 27.5 Å². The number of alkyl halides is 3. The third kappa shape index (κ3) is 3.46. The van der Waals surface area contributed by atoms with Crippen molar-refractivity contribution in [3.05, 3.63) is 77.4 Å². The van der Waals surface area contributed by atoms with Crippen LogP contribution in [0.1, 0.15) is 27.0 Å². The number of hydrogen-bond donors (Lipinski definition) is 0. The lowest BCUT2D eigenvalue weighted by Gasteiger charge is -2.16. The molecule has 2 aromatic carbocycles. The van der Waals surface area contributed by atoms with Gasteiger partial charge < -0.3 is 4.74 Å². The van der Waals surface area contributed by atoms with Crippen molar-refractivity contribution in [2.45, 2.75) is 12.8 Å². The molecule has 7 heteroatoms. The lowest BCUT2D eigenvalue weighted by atomic mass is 10.1. The Morgan fingerprint density at radius 1 is 1.04 bits per heavy atom. The van der Waals surface area contributed by atoms with Gasteiger partial charge in [0.2, 0.25) is 0 Å². The molecule has 0 saturated carbocycles. The van der Waals surface area contributed by atoms with Crippen molar-refractivity contribution in [2.24, 2.45) is 0 Å². The SMILES string of the molecule is C=C1c2ccccc2C(=O)N1CC(=O)OCc1ccc(C(F)(F)F)cc1. The fourth-order valence-corrected chi connectivity index (χ4v) is 2.63. The van der Waals surface area contributed by atoms with E-state index in [1.807, 2.05) is 0 Å². The Morgan fingerprint density at radius 3 is 2.23 bits per heavy atom. The molecule has 26 heavy (non-hydrogen) atoms. The molecule has 1 aliphatic rings. The molecule has 1 heterocycles. The summed E-state index contributed by atoms with van der Waals surface area (Å²) in [6.07, 6.45) is -4.42. The third-order valence-electron chi connectivity index (χ3n) is 4.01. The highest BCUT2D eigenvalue weighted by molar-refractivity contribution is 6.10. The van der Waals surface area contributed by atoms with Gasteiger partial charge >= 0.3 is 12.1 Å². The molecule has 0 N–H and O–H groups in total. The van der Waals surface area contributed by atoms with Gasteiger partial charge in [-0.25, -0.2) is 0 Å². The Bertz CT molecular complexity index is 837. The molecule has 4 nitrogen and oxygen atoms in total. The molecule has 0 radical (unpaired) electrons. The van der Waals surface area contributed by atoms with Gasteiger partial charge in [-0.1, -0.05) is 36.9 Å². The smallest absolute Gasteiger partial charge is 0.416 e. The standard InChI is InChI=1S/C19H14F3NO3/c1-12-15-4-2-3-5-16(15)18(25)23(12)10-17(24)26-11-13-6-8-14(9-7-13)19(20,21)22/h2-9H,1,10-11H2. The molecule has 0 aliphatic carbocycles. The van der Waals surface area contributed by atoms with Gasteiger partial charge in [0.05, 0.1) is 5.56 Å². The fraction of sp³-hybridized carbons (Fsp3) is 0.158. The van der Waals surface area contributed by atoms with Crippen LogP contribution >= 0.6 is 0 Å². The summed E-state index contributed by atoms with van der Waals surface area (Å²) in [4.78, 5) is 25.5. The molecule has 0 fully saturated rings. The highest BCUT2D eigenvalue weighted by Gasteiger charge is 2.32. The first-order chi connectivity index (χ1) is 12.3. The number of halogens is 3. The number of esters is 1. The summed E-state index contributed by atoms with van der Waals surface area (Å²) in [6.45, 7) is 3.33. The largest absolute Gasteiger partial charge is 0.459 e. The number of fused-ring (bicyclic) bond motifs is 1. The number of hydrogen-bond acceptors (Lipinski definition) is 3. The monoisotopic (exact) mass is 361 g/mol. The first-order valence-electron chi connectivity index (χ1n) is 7.69. The molecule has 0 bridgehead atoms. The first kappa shape index (κ1) is 17.7. The summed E-state index contributed by atoms with van der Waals surface area (Å²) in [6, 6.07) is 11.2. The van der Waals surface area contributed by atoms with E-state index in [0.717, 1.165) is 12.1 Å². The minimum Gasteiger partial charge on any atom is -0.459 e. The van der Waals surface area contributed by atoms with Crippen LogP contribution in [0.5, 0.6) is 0 Å². The van der Waals surface area contributed by atoms with Gasteiger partial charge in [0, 0.05) is 16.8 Å². The van der Waals surface area contributed by atoms with Crippen LogP contribution in [-0.4, -0.2) is 23.3 Å². The van der Waals surface area contributed by atoms with Gasteiger partial charge in [0.25, 0.3) is 5.91 Å². The van der Waals surface area contributed by atoms with Crippen molar-refractivity contribution in [1.29, 1.82) is 0 Å². The predicted molar refractivity (Wildman–Crippen MR) is 87.8 cm³/mol. The molecule has 0 unspecified atom stereocenters. The van der Waals surface area contributed by atoms with Gasteiger partial charge in [-0.2, -0.15) is 13.2 Å². The number of carbonyl (C=O) groups excluding carboxylic acids is 2. The van der Waals surface area contributed by atoms with Crippen molar-refractivity contribution in [3.8, 4) is 0 Å². The summed E-state index contributed by atoms with van der Waals surface area (Å²) in [5.41, 5.74) is 1.18. The maximum atomic E-state index is 12.5. The second kappa shape index (κ2) is 6.67. The van der Waals surface area contributed by atoms with E-state index in [1.165, 1.54) is 17.0 Å². The highest BCUT2D eigenvalue weighted by Crippen LogP contribution is 2.31. The van der Waals surface area contributed by atoms with Gasteiger partial charge in [0.1, 0.15) is 13.2 Å². The van der Waals surface area contributed by atoms with Crippen LogP contribution in [0.3, 0.4) is 0 Å². The number of benzene rings is 2. The first-order valence-corrected chi connectivity index (χ1v) is 7.69. The molecule has 0 aromatic heterocycles. The van der Waals surface area contributed by atoms with Crippen LogP contribution in [0.15, 0.2) is 55.1 Å². The van der Waals surface area contributed by atoms with E-state index < -0.39 is 17.7 Å². The third-order valence-corrected chi connectivity index (χ3v) is 4.01. The van der Waals surface area contributed by atoms with Gasteiger partial charge in [-0.15, -0.1) is 0 Å². The van der Waals surface area contributed by atoms with Crippen LogP contribution in [0, 0.1) is 0 Å². The van der Waals surface area contributed by atoms with E-state index in [1.54, 1.807) is 24.3 Å². The van der Waals surface area contributed by atoms with E-state index in [4.69, 9.17) is 4.74 Å². The Balaban J connectivity index is 1.59. The number of nitrogens with zero attached hydrogens (tertiary/aromatic N) is 1. The molecule has 2 aromatic rings. The maximum Gasteiger partial charge on any atom is 0.416 e. The topological polar surface area (TPSA) is 46.6 Å². The molecule has 134 valence electrons. The highest BCUT2D eigenvalue weighted by atomic mass is 19.4. The summed E-state index contributed by atoms with van der Waals surface area (Å²) >= 11 is 0. The summed E-state index contributed by atoms with van der Waals surface area (Å²) in [7, 11) is 0. The lowest BCUT2D eigenvalue weighted by molar-refractivity contribution is -0.145.